The first-order valence-corrected chi connectivity index (χ1v) is 5.98. The van der Waals surface area contributed by atoms with Crippen molar-refractivity contribution < 1.29 is 13.9 Å². The molecule has 3 nitrogen and oxygen atoms in total. The third kappa shape index (κ3) is 2.17. The highest BCUT2D eigenvalue weighted by Crippen LogP contribution is 2.34. The van der Waals surface area contributed by atoms with Crippen LogP contribution in [-0.4, -0.2) is 5.97 Å². The Hall–Kier alpha value is -2.36. The van der Waals surface area contributed by atoms with Gasteiger partial charge in [0.2, 0.25) is 0 Å². The summed E-state index contributed by atoms with van der Waals surface area (Å²) < 4.78 is 18.5. The second-order valence-electron chi connectivity index (χ2n) is 4.57. The number of carbonyl (C=O) groups excluding carboxylic acids is 1. The van der Waals surface area contributed by atoms with Crippen LogP contribution in [-0.2, 0) is 11.2 Å². The van der Waals surface area contributed by atoms with Gasteiger partial charge in [-0.1, -0.05) is 18.2 Å². The normalized spacial score (nSPS) is 17.1. The molecule has 0 amide bonds. The molecule has 0 aliphatic carbocycles. The fourth-order valence-corrected chi connectivity index (χ4v) is 2.32. The van der Waals surface area contributed by atoms with Gasteiger partial charge in [0.1, 0.15) is 11.9 Å². The van der Waals surface area contributed by atoms with Gasteiger partial charge in [0.25, 0.3) is 0 Å². The highest BCUT2D eigenvalue weighted by Gasteiger charge is 2.31. The van der Waals surface area contributed by atoms with E-state index in [9.17, 15) is 9.18 Å². The molecule has 1 aliphatic rings. The number of hydrogen-bond acceptors (Lipinski definition) is 3. The minimum atomic E-state index is -0.372. The quantitative estimate of drug-likeness (QED) is 0.664. The minimum Gasteiger partial charge on any atom is -0.454 e. The summed E-state index contributed by atoms with van der Waals surface area (Å²) in [6.45, 7) is 0. The van der Waals surface area contributed by atoms with Gasteiger partial charge in [0.15, 0.2) is 0 Å². The average molecular weight is 257 g/mol. The molecular weight excluding hydrogens is 245 g/mol. The van der Waals surface area contributed by atoms with Gasteiger partial charge in [-0.05, 0) is 29.8 Å². The Balaban J connectivity index is 1.91. The molecule has 1 heterocycles. The van der Waals surface area contributed by atoms with Crippen LogP contribution in [0.25, 0.3) is 0 Å². The number of cyclic esters (lactones) is 1. The summed E-state index contributed by atoms with van der Waals surface area (Å²) in [4.78, 5) is 11.7. The van der Waals surface area contributed by atoms with Gasteiger partial charge in [0.05, 0.1) is 5.56 Å². The average Bonchev–Trinajstić information content (AvgIpc) is 2.66. The standard InChI is InChI=1S/C15H12FNO2/c16-10-3-1-2-9(6-10)7-14-12-5-4-11(17)8-13(12)15(18)19-14/h1-6,8,14H,7,17H2. The van der Waals surface area contributed by atoms with E-state index < -0.39 is 0 Å². The number of nitrogen functional groups attached to an aromatic ring is 1. The third-order valence-electron chi connectivity index (χ3n) is 3.20. The van der Waals surface area contributed by atoms with Crippen molar-refractivity contribution in [2.45, 2.75) is 12.5 Å². The Morgan fingerprint density at radius 3 is 2.84 bits per heavy atom. The van der Waals surface area contributed by atoms with Crippen LogP contribution < -0.4 is 5.73 Å². The summed E-state index contributed by atoms with van der Waals surface area (Å²) in [7, 11) is 0. The van der Waals surface area contributed by atoms with Gasteiger partial charge < -0.3 is 10.5 Å². The lowest BCUT2D eigenvalue weighted by Crippen LogP contribution is -2.02. The Kier molecular flexibility index (Phi) is 2.71. The minimum absolute atomic E-state index is 0.292. The predicted octanol–water partition coefficient (Wildman–Crippen LogP) is 2.86. The number of esters is 1. The molecule has 0 saturated carbocycles. The fourth-order valence-electron chi connectivity index (χ4n) is 2.32. The zero-order valence-corrected chi connectivity index (χ0v) is 10.1. The van der Waals surface area contributed by atoms with Crippen molar-refractivity contribution in [3.63, 3.8) is 0 Å². The first kappa shape index (κ1) is 11.7. The van der Waals surface area contributed by atoms with Crippen LogP contribution in [0.4, 0.5) is 10.1 Å². The molecule has 2 N–H and O–H groups in total. The van der Waals surface area contributed by atoms with E-state index in [0.717, 1.165) is 11.1 Å². The first-order valence-electron chi connectivity index (χ1n) is 5.98. The Labute approximate surface area is 109 Å². The molecule has 4 heteroatoms. The van der Waals surface area contributed by atoms with Crippen LogP contribution in [0.3, 0.4) is 0 Å². The van der Waals surface area contributed by atoms with Crippen molar-refractivity contribution in [3.8, 4) is 0 Å². The molecule has 0 saturated heterocycles. The number of anilines is 1. The number of halogens is 1. The highest BCUT2D eigenvalue weighted by molar-refractivity contribution is 5.95. The smallest absolute Gasteiger partial charge is 0.339 e. The molecule has 1 unspecified atom stereocenters. The van der Waals surface area contributed by atoms with Gasteiger partial charge >= 0.3 is 5.97 Å². The van der Waals surface area contributed by atoms with Crippen molar-refractivity contribution in [2.24, 2.45) is 0 Å². The molecule has 0 radical (unpaired) electrons. The van der Waals surface area contributed by atoms with Gasteiger partial charge in [-0.2, -0.15) is 0 Å². The summed E-state index contributed by atoms with van der Waals surface area (Å²) in [5.41, 5.74) is 8.29. The molecule has 1 atom stereocenters. The number of carbonyl (C=O) groups is 1. The second kappa shape index (κ2) is 4.39. The SMILES string of the molecule is Nc1ccc2c(c1)C(=O)OC2Cc1cccc(F)c1. The fraction of sp³-hybridized carbons (Fsp3) is 0.133. The first-order chi connectivity index (χ1) is 9.13. The Morgan fingerprint density at radius 1 is 1.21 bits per heavy atom. The predicted molar refractivity (Wildman–Crippen MR) is 69.1 cm³/mol. The number of hydrogen-bond donors (Lipinski definition) is 1. The molecule has 96 valence electrons. The van der Waals surface area contributed by atoms with Crippen LogP contribution >= 0.6 is 0 Å². The lowest BCUT2D eigenvalue weighted by molar-refractivity contribution is 0.0387. The molecule has 19 heavy (non-hydrogen) atoms. The highest BCUT2D eigenvalue weighted by atomic mass is 19.1. The van der Waals surface area contributed by atoms with Crippen molar-refractivity contribution in [1.82, 2.24) is 0 Å². The van der Waals surface area contributed by atoms with E-state index in [1.165, 1.54) is 12.1 Å². The third-order valence-corrected chi connectivity index (χ3v) is 3.20. The van der Waals surface area contributed by atoms with Crippen LogP contribution in [0, 0.1) is 5.82 Å². The number of rotatable bonds is 2. The van der Waals surface area contributed by atoms with Crippen molar-refractivity contribution in [3.05, 3.63) is 65.0 Å². The maximum absolute atomic E-state index is 13.1. The molecule has 0 spiro atoms. The van der Waals surface area contributed by atoms with E-state index in [0.29, 0.717) is 17.7 Å². The second-order valence-corrected chi connectivity index (χ2v) is 4.57. The van der Waals surface area contributed by atoms with Gasteiger partial charge in [-0.15, -0.1) is 0 Å². The summed E-state index contributed by atoms with van der Waals surface area (Å²) in [5.74, 6) is -0.664. The molecule has 3 rings (SSSR count). The van der Waals surface area contributed by atoms with E-state index in [1.807, 2.05) is 6.07 Å². The van der Waals surface area contributed by atoms with Crippen molar-refractivity contribution in [2.75, 3.05) is 5.73 Å². The lowest BCUT2D eigenvalue weighted by Gasteiger charge is -2.10. The zero-order valence-electron chi connectivity index (χ0n) is 10.1. The van der Waals surface area contributed by atoms with Crippen LogP contribution in [0.15, 0.2) is 42.5 Å². The largest absolute Gasteiger partial charge is 0.454 e. The van der Waals surface area contributed by atoms with Crippen molar-refractivity contribution in [1.29, 1.82) is 0 Å². The summed E-state index contributed by atoms with van der Waals surface area (Å²) in [6.07, 6.45) is 0.0883. The Morgan fingerprint density at radius 2 is 2.05 bits per heavy atom. The number of benzene rings is 2. The number of fused-ring (bicyclic) bond motifs is 1. The van der Waals surface area contributed by atoms with E-state index >= 15 is 0 Å². The van der Waals surface area contributed by atoms with Crippen LogP contribution in [0.2, 0.25) is 0 Å². The van der Waals surface area contributed by atoms with Crippen LogP contribution in [0.1, 0.15) is 27.6 Å². The maximum atomic E-state index is 13.1. The van der Waals surface area contributed by atoms with Crippen molar-refractivity contribution >= 4 is 11.7 Å². The van der Waals surface area contributed by atoms with Gasteiger partial charge in [-0.25, -0.2) is 9.18 Å². The zero-order chi connectivity index (χ0) is 13.4. The van der Waals surface area contributed by atoms with Gasteiger partial charge in [-0.3, -0.25) is 0 Å². The molecule has 1 aliphatic heterocycles. The summed E-state index contributed by atoms with van der Waals surface area (Å²) in [5, 5.41) is 0. The summed E-state index contributed by atoms with van der Waals surface area (Å²) >= 11 is 0. The van der Waals surface area contributed by atoms with Gasteiger partial charge in [0, 0.05) is 17.7 Å². The van der Waals surface area contributed by atoms with E-state index in [4.69, 9.17) is 10.5 Å². The monoisotopic (exact) mass is 257 g/mol. The van der Waals surface area contributed by atoms with E-state index in [2.05, 4.69) is 0 Å². The lowest BCUT2D eigenvalue weighted by atomic mass is 9.99. The molecule has 0 bridgehead atoms. The van der Waals surface area contributed by atoms with Crippen LogP contribution in [0.5, 0.6) is 0 Å². The van der Waals surface area contributed by atoms with E-state index in [1.54, 1.807) is 24.3 Å². The molecule has 2 aromatic rings. The van der Waals surface area contributed by atoms with E-state index in [-0.39, 0.29) is 17.9 Å². The number of ether oxygens (including phenoxy) is 1. The summed E-state index contributed by atoms with van der Waals surface area (Å²) in [6, 6.07) is 11.4. The maximum Gasteiger partial charge on any atom is 0.339 e. The number of nitrogens with two attached hydrogens (primary N) is 1. The molecule has 0 aromatic heterocycles. The molecular formula is C15H12FNO2. The topological polar surface area (TPSA) is 52.3 Å². The molecule has 2 aromatic carbocycles. The molecule has 0 fully saturated rings. The Bertz CT molecular complexity index is 654.